The molecule has 1 saturated carbocycles. The monoisotopic (exact) mass is 454 g/mol. The molecule has 2 aromatic carbocycles. The van der Waals surface area contributed by atoms with Crippen LogP contribution in [0.4, 0.5) is 11.4 Å². The number of rotatable bonds is 5. The third-order valence-corrected chi connectivity index (χ3v) is 6.21. The average Bonchev–Trinajstić information content (AvgIpc) is 3.01. The molecule has 2 aliphatic rings. The highest BCUT2D eigenvalue weighted by Crippen LogP contribution is 2.42. The molecule has 3 atom stereocenters. The van der Waals surface area contributed by atoms with Gasteiger partial charge in [-0.15, -0.1) is 0 Å². The second-order valence-electron chi connectivity index (χ2n) is 8.33. The number of hydrogen-bond acceptors (Lipinski definition) is 5. The molecule has 1 heterocycles. The van der Waals surface area contributed by atoms with Crippen LogP contribution in [-0.2, 0) is 19.1 Å². The molecule has 0 radical (unpaired) electrons. The minimum absolute atomic E-state index is 0.155. The molecule has 8 heteroatoms. The van der Waals surface area contributed by atoms with Crippen LogP contribution in [0.15, 0.2) is 48.5 Å². The summed E-state index contributed by atoms with van der Waals surface area (Å²) in [6.07, 6.45) is 2.34. The third-order valence-electron chi connectivity index (χ3n) is 5.97. The van der Waals surface area contributed by atoms with Crippen molar-refractivity contribution < 1.29 is 23.9 Å². The van der Waals surface area contributed by atoms with Crippen LogP contribution in [0.2, 0.25) is 5.02 Å². The summed E-state index contributed by atoms with van der Waals surface area (Å²) in [7, 11) is 0. The number of amides is 3. The zero-order valence-corrected chi connectivity index (χ0v) is 18.3. The van der Waals surface area contributed by atoms with Crippen molar-refractivity contribution in [3.63, 3.8) is 0 Å². The van der Waals surface area contributed by atoms with E-state index in [9.17, 15) is 19.2 Å². The predicted molar refractivity (Wildman–Crippen MR) is 119 cm³/mol. The van der Waals surface area contributed by atoms with Crippen molar-refractivity contribution in [1.29, 1.82) is 0 Å². The molecule has 2 aromatic rings. The largest absolute Gasteiger partial charge is 0.452 e. The lowest BCUT2D eigenvalue weighted by Crippen LogP contribution is -2.31. The van der Waals surface area contributed by atoms with Gasteiger partial charge in [0, 0.05) is 10.7 Å². The van der Waals surface area contributed by atoms with Gasteiger partial charge in [-0.25, -0.2) is 4.79 Å². The lowest BCUT2D eigenvalue weighted by molar-refractivity contribution is -0.122. The van der Waals surface area contributed by atoms with Crippen LogP contribution in [0.1, 0.15) is 36.5 Å². The Labute approximate surface area is 190 Å². The maximum absolute atomic E-state index is 12.9. The van der Waals surface area contributed by atoms with Gasteiger partial charge in [-0.1, -0.05) is 30.7 Å². The fraction of sp³-hybridized carbons (Fsp3) is 0.333. The van der Waals surface area contributed by atoms with Gasteiger partial charge in [0.05, 0.1) is 23.1 Å². The van der Waals surface area contributed by atoms with Crippen molar-refractivity contribution in [3.05, 3.63) is 59.1 Å². The average molecular weight is 455 g/mol. The summed E-state index contributed by atoms with van der Waals surface area (Å²) >= 11 is 5.88. The van der Waals surface area contributed by atoms with Gasteiger partial charge in [0.1, 0.15) is 0 Å². The molecule has 7 nitrogen and oxygen atoms in total. The SMILES string of the molecule is C[C@@H]1CC[C@@H]2C(=O)N(c3cccc(C(=O)OCC(=O)Nc4cccc(Cl)c4)c3)C(=O)[C@@H]2C1. The van der Waals surface area contributed by atoms with Gasteiger partial charge < -0.3 is 10.1 Å². The van der Waals surface area contributed by atoms with Crippen molar-refractivity contribution in [2.24, 2.45) is 17.8 Å². The fourth-order valence-corrected chi connectivity index (χ4v) is 4.58. The summed E-state index contributed by atoms with van der Waals surface area (Å²) < 4.78 is 5.10. The fourth-order valence-electron chi connectivity index (χ4n) is 4.39. The van der Waals surface area contributed by atoms with E-state index in [-0.39, 0.29) is 29.2 Å². The number of anilines is 2. The van der Waals surface area contributed by atoms with Gasteiger partial charge in [-0.3, -0.25) is 19.3 Å². The van der Waals surface area contributed by atoms with E-state index in [0.717, 1.165) is 6.42 Å². The first-order valence-electron chi connectivity index (χ1n) is 10.5. The Balaban J connectivity index is 1.41. The van der Waals surface area contributed by atoms with Gasteiger partial charge in [-0.05, 0) is 61.6 Å². The number of fused-ring (bicyclic) bond motifs is 1. The molecule has 1 saturated heterocycles. The van der Waals surface area contributed by atoms with E-state index >= 15 is 0 Å². The van der Waals surface area contributed by atoms with E-state index in [1.807, 2.05) is 0 Å². The van der Waals surface area contributed by atoms with Crippen LogP contribution in [0.3, 0.4) is 0 Å². The summed E-state index contributed by atoms with van der Waals surface area (Å²) in [5.41, 5.74) is 0.990. The molecular formula is C24H23ClN2O5. The van der Waals surface area contributed by atoms with Crippen molar-refractivity contribution >= 4 is 46.7 Å². The van der Waals surface area contributed by atoms with Gasteiger partial charge in [0.2, 0.25) is 11.8 Å². The summed E-state index contributed by atoms with van der Waals surface area (Å²) in [4.78, 5) is 51.5. The number of carbonyl (C=O) groups is 4. The highest BCUT2D eigenvalue weighted by molar-refractivity contribution is 6.30. The molecule has 1 N–H and O–H groups in total. The van der Waals surface area contributed by atoms with E-state index in [1.165, 1.54) is 17.0 Å². The highest BCUT2D eigenvalue weighted by atomic mass is 35.5. The second-order valence-corrected chi connectivity index (χ2v) is 8.76. The lowest BCUT2D eigenvalue weighted by atomic mass is 9.76. The third kappa shape index (κ3) is 4.53. The van der Waals surface area contributed by atoms with Crippen molar-refractivity contribution in [2.45, 2.75) is 26.2 Å². The Bertz CT molecular complexity index is 1090. The molecule has 166 valence electrons. The number of ether oxygens (including phenoxy) is 1. The van der Waals surface area contributed by atoms with Crippen LogP contribution in [-0.4, -0.2) is 30.3 Å². The lowest BCUT2D eigenvalue weighted by Gasteiger charge is -2.25. The van der Waals surface area contributed by atoms with E-state index < -0.39 is 18.5 Å². The molecule has 1 aliphatic heterocycles. The molecule has 4 rings (SSSR count). The minimum atomic E-state index is -0.724. The normalized spacial score (nSPS) is 22.4. The maximum atomic E-state index is 12.9. The van der Waals surface area contributed by atoms with Crippen molar-refractivity contribution in [2.75, 3.05) is 16.8 Å². The van der Waals surface area contributed by atoms with Crippen molar-refractivity contribution in [3.8, 4) is 0 Å². The number of halogens is 1. The van der Waals surface area contributed by atoms with Gasteiger partial charge in [0.15, 0.2) is 6.61 Å². The molecule has 0 spiro atoms. The molecular weight excluding hydrogens is 432 g/mol. The van der Waals surface area contributed by atoms with E-state index in [4.69, 9.17) is 16.3 Å². The Kier molecular flexibility index (Phi) is 6.28. The number of esters is 1. The number of hydrogen-bond donors (Lipinski definition) is 1. The molecule has 0 unspecified atom stereocenters. The zero-order chi connectivity index (χ0) is 22.8. The second kappa shape index (κ2) is 9.12. The zero-order valence-electron chi connectivity index (χ0n) is 17.5. The Morgan fingerprint density at radius 3 is 2.59 bits per heavy atom. The van der Waals surface area contributed by atoms with Crippen LogP contribution >= 0.6 is 11.6 Å². The first-order valence-corrected chi connectivity index (χ1v) is 10.9. The Morgan fingerprint density at radius 1 is 1.06 bits per heavy atom. The van der Waals surface area contributed by atoms with Gasteiger partial charge in [0.25, 0.3) is 5.91 Å². The van der Waals surface area contributed by atoms with Crippen LogP contribution in [0.5, 0.6) is 0 Å². The van der Waals surface area contributed by atoms with Gasteiger partial charge >= 0.3 is 5.97 Å². The highest BCUT2D eigenvalue weighted by Gasteiger charge is 2.50. The number of imide groups is 1. The Hall–Kier alpha value is -3.19. The van der Waals surface area contributed by atoms with E-state index in [2.05, 4.69) is 12.2 Å². The summed E-state index contributed by atoms with van der Waals surface area (Å²) in [5, 5.41) is 3.06. The first-order chi connectivity index (χ1) is 15.3. The van der Waals surface area contributed by atoms with Crippen LogP contribution < -0.4 is 10.2 Å². The molecule has 2 fully saturated rings. The van der Waals surface area contributed by atoms with E-state index in [1.54, 1.807) is 36.4 Å². The summed E-state index contributed by atoms with van der Waals surface area (Å²) in [6, 6.07) is 12.8. The van der Waals surface area contributed by atoms with Gasteiger partial charge in [-0.2, -0.15) is 0 Å². The number of nitrogens with zero attached hydrogens (tertiary/aromatic N) is 1. The maximum Gasteiger partial charge on any atom is 0.338 e. The molecule has 1 aliphatic carbocycles. The first kappa shape index (κ1) is 22.0. The number of benzene rings is 2. The van der Waals surface area contributed by atoms with Crippen molar-refractivity contribution in [1.82, 2.24) is 0 Å². The number of nitrogens with one attached hydrogen (secondary N) is 1. The van der Waals surface area contributed by atoms with Crippen LogP contribution in [0.25, 0.3) is 0 Å². The summed E-state index contributed by atoms with van der Waals surface area (Å²) in [5.74, 6) is -1.83. The smallest absolute Gasteiger partial charge is 0.338 e. The van der Waals surface area contributed by atoms with Crippen LogP contribution in [0, 0.1) is 17.8 Å². The standard InChI is InChI=1S/C24H23ClN2O5/c1-14-8-9-19-20(10-14)23(30)27(22(19)29)18-7-2-4-15(11-18)24(31)32-13-21(28)26-17-6-3-5-16(25)12-17/h2-7,11-12,14,19-20H,8-10,13H2,1H3,(H,26,28)/t14-,19+,20-/m1/s1. The predicted octanol–water partition coefficient (Wildman–Crippen LogP) is 4.06. The topological polar surface area (TPSA) is 92.8 Å². The summed E-state index contributed by atoms with van der Waals surface area (Å²) in [6.45, 7) is 1.61. The molecule has 0 aromatic heterocycles. The molecule has 32 heavy (non-hydrogen) atoms. The number of carbonyl (C=O) groups excluding carboxylic acids is 4. The Morgan fingerprint density at radius 2 is 1.81 bits per heavy atom. The van der Waals surface area contributed by atoms with E-state index in [0.29, 0.717) is 35.2 Å². The quantitative estimate of drug-likeness (QED) is 0.543. The molecule has 0 bridgehead atoms. The molecule has 3 amide bonds. The minimum Gasteiger partial charge on any atom is -0.452 e.